The van der Waals surface area contributed by atoms with Gasteiger partial charge in [0.15, 0.2) is 0 Å². The molecule has 0 radical (unpaired) electrons. The Morgan fingerprint density at radius 3 is 2.37 bits per heavy atom. The number of anilines is 1. The van der Waals surface area contributed by atoms with Crippen LogP contribution in [0.1, 0.15) is 11.1 Å². The predicted molar refractivity (Wildman–Crippen MR) is 107 cm³/mol. The molecule has 140 valence electrons. The van der Waals surface area contributed by atoms with Gasteiger partial charge in [-0.05, 0) is 34.9 Å². The molecule has 0 aliphatic rings. The van der Waals surface area contributed by atoms with Gasteiger partial charge < -0.3 is 4.74 Å². The second-order valence-corrected chi connectivity index (χ2v) is 8.26. The molecular formula is C21H21NO4S. The zero-order chi connectivity index (χ0) is 19.4. The third-order valence-electron chi connectivity index (χ3n) is 4.33. The molecule has 0 heterocycles. The fraction of sp³-hybridized carbons (Fsp3) is 0.190. The van der Waals surface area contributed by atoms with Crippen LogP contribution in [0.25, 0.3) is 10.8 Å². The van der Waals surface area contributed by atoms with Gasteiger partial charge in [-0.2, -0.15) is 0 Å². The van der Waals surface area contributed by atoms with E-state index in [1.807, 2.05) is 48.5 Å². The van der Waals surface area contributed by atoms with Crippen molar-refractivity contribution < 1.29 is 17.9 Å². The van der Waals surface area contributed by atoms with Crippen molar-refractivity contribution in [3.63, 3.8) is 0 Å². The third kappa shape index (κ3) is 4.46. The molecule has 0 amide bonds. The summed E-state index contributed by atoms with van der Waals surface area (Å²) in [5.74, 6) is -0.600. The molecule has 6 heteroatoms. The number of benzene rings is 3. The van der Waals surface area contributed by atoms with Gasteiger partial charge in [-0.15, -0.1) is 0 Å². The molecule has 0 saturated carbocycles. The minimum atomic E-state index is -3.62. The normalized spacial score (nSPS) is 11.3. The number of nitrogens with zero attached hydrogens (tertiary/aromatic N) is 1. The van der Waals surface area contributed by atoms with Crippen LogP contribution < -0.4 is 4.31 Å². The van der Waals surface area contributed by atoms with Gasteiger partial charge in [0.2, 0.25) is 10.0 Å². The molecule has 0 aliphatic carbocycles. The smallest absolute Gasteiger partial charge is 0.327 e. The highest BCUT2D eigenvalue weighted by Gasteiger charge is 2.23. The van der Waals surface area contributed by atoms with Crippen LogP contribution in [0.5, 0.6) is 0 Å². The summed E-state index contributed by atoms with van der Waals surface area (Å²) < 4.78 is 30.8. The lowest BCUT2D eigenvalue weighted by Gasteiger charge is -2.23. The number of para-hydroxylation sites is 1. The number of rotatable bonds is 6. The molecular weight excluding hydrogens is 362 g/mol. The number of aryl methyl sites for hydroxylation is 1. The summed E-state index contributed by atoms with van der Waals surface area (Å²) in [6, 6.07) is 20.7. The predicted octanol–water partition coefficient (Wildman–Crippen LogP) is 3.66. The number of ether oxygens (including phenoxy) is 1. The number of carbonyl (C=O) groups excluding carboxylic acids is 1. The lowest BCUT2D eigenvalue weighted by Crippen LogP contribution is -2.36. The van der Waals surface area contributed by atoms with Crippen molar-refractivity contribution in [2.75, 3.05) is 17.1 Å². The van der Waals surface area contributed by atoms with E-state index in [0.29, 0.717) is 5.69 Å². The average molecular weight is 383 g/mol. The van der Waals surface area contributed by atoms with Gasteiger partial charge in [0.05, 0.1) is 11.9 Å². The molecule has 0 saturated heterocycles. The molecule has 0 unspecified atom stereocenters. The zero-order valence-electron chi connectivity index (χ0n) is 15.3. The van der Waals surface area contributed by atoms with E-state index in [1.165, 1.54) is 0 Å². The van der Waals surface area contributed by atoms with Crippen LogP contribution in [-0.2, 0) is 26.2 Å². The minimum absolute atomic E-state index is 0.0888. The highest BCUT2D eigenvalue weighted by Crippen LogP contribution is 2.22. The number of fused-ring (bicyclic) bond motifs is 1. The van der Waals surface area contributed by atoms with Gasteiger partial charge in [0.1, 0.15) is 13.2 Å². The molecule has 0 spiro atoms. The third-order valence-corrected chi connectivity index (χ3v) is 5.45. The van der Waals surface area contributed by atoms with E-state index in [2.05, 4.69) is 0 Å². The van der Waals surface area contributed by atoms with Gasteiger partial charge in [-0.1, -0.05) is 60.7 Å². The summed E-state index contributed by atoms with van der Waals surface area (Å²) in [6.45, 7) is 1.52. The Morgan fingerprint density at radius 2 is 1.63 bits per heavy atom. The highest BCUT2D eigenvalue weighted by molar-refractivity contribution is 7.92. The van der Waals surface area contributed by atoms with Crippen LogP contribution in [0.2, 0.25) is 0 Å². The highest BCUT2D eigenvalue weighted by atomic mass is 32.2. The first-order chi connectivity index (χ1) is 12.9. The monoisotopic (exact) mass is 383 g/mol. The molecule has 0 atom stereocenters. The molecule has 0 bridgehead atoms. The number of hydrogen-bond acceptors (Lipinski definition) is 4. The van der Waals surface area contributed by atoms with Crippen molar-refractivity contribution in [1.29, 1.82) is 0 Å². The summed E-state index contributed by atoms with van der Waals surface area (Å²) >= 11 is 0. The fourth-order valence-corrected chi connectivity index (χ4v) is 3.87. The summed E-state index contributed by atoms with van der Waals surface area (Å²) in [7, 11) is -3.62. The van der Waals surface area contributed by atoms with Crippen molar-refractivity contribution in [2.24, 2.45) is 0 Å². The molecule has 5 nitrogen and oxygen atoms in total. The zero-order valence-corrected chi connectivity index (χ0v) is 16.1. The first-order valence-corrected chi connectivity index (χ1v) is 10.4. The largest absolute Gasteiger partial charge is 0.459 e. The summed E-state index contributed by atoms with van der Waals surface area (Å²) in [5, 5.41) is 2.07. The maximum absolute atomic E-state index is 12.4. The molecule has 0 N–H and O–H groups in total. The Bertz CT molecular complexity index is 1070. The van der Waals surface area contributed by atoms with Crippen molar-refractivity contribution in [2.45, 2.75) is 13.5 Å². The number of sulfonamides is 1. The molecule has 0 aliphatic heterocycles. The maximum Gasteiger partial charge on any atom is 0.327 e. The van der Waals surface area contributed by atoms with Gasteiger partial charge in [-0.3, -0.25) is 9.10 Å². The molecule has 27 heavy (non-hydrogen) atoms. The summed E-state index contributed by atoms with van der Waals surface area (Å²) in [4.78, 5) is 12.4. The minimum Gasteiger partial charge on any atom is -0.459 e. The van der Waals surface area contributed by atoms with Crippen LogP contribution in [-0.4, -0.2) is 27.2 Å². The van der Waals surface area contributed by atoms with E-state index >= 15 is 0 Å². The van der Waals surface area contributed by atoms with Crippen LogP contribution >= 0.6 is 0 Å². The maximum atomic E-state index is 12.4. The standard InChI is InChI=1S/C21H21NO4S/c1-16-8-3-6-13-20(16)22(27(2,24)25)14-21(23)26-15-18-11-7-10-17-9-4-5-12-19(17)18/h3-13H,14-15H2,1-2H3. The second-order valence-electron chi connectivity index (χ2n) is 6.36. The Hall–Kier alpha value is -2.86. The van der Waals surface area contributed by atoms with Crippen LogP contribution in [0, 0.1) is 6.92 Å². The topological polar surface area (TPSA) is 63.7 Å². The Kier molecular flexibility index (Phi) is 5.46. The van der Waals surface area contributed by atoms with E-state index in [9.17, 15) is 13.2 Å². The average Bonchev–Trinajstić information content (AvgIpc) is 2.64. The molecule has 3 rings (SSSR count). The number of esters is 1. The van der Waals surface area contributed by atoms with Crippen molar-refractivity contribution in [3.8, 4) is 0 Å². The van der Waals surface area contributed by atoms with Crippen molar-refractivity contribution in [3.05, 3.63) is 77.9 Å². The van der Waals surface area contributed by atoms with Gasteiger partial charge in [0, 0.05) is 0 Å². The Labute approximate surface area is 159 Å². The Balaban J connectivity index is 1.76. The van der Waals surface area contributed by atoms with Gasteiger partial charge >= 0.3 is 5.97 Å². The van der Waals surface area contributed by atoms with Gasteiger partial charge in [0.25, 0.3) is 0 Å². The van der Waals surface area contributed by atoms with E-state index in [4.69, 9.17) is 4.74 Å². The fourth-order valence-electron chi connectivity index (χ4n) is 2.96. The SMILES string of the molecule is Cc1ccccc1N(CC(=O)OCc1cccc2ccccc12)S(C)(=O)=O. The van der Waals surface area contributed by atoms with Crippen molar-refractivity contribution >= 4 is 32.5 Å². The van der Waals surface area contributed by atoms with E-state index in [1.54, 1.807) is 25.1 Å². The van der Waals surface area contributed by atoms with E-state index < -0.39 is 16.0 Å². The van der Waals surface area contributed by atoms with Crippen LogP contribution in [0.15, 0.2) is 66.7 Å². The Morgan fingerprint density at radius 1 is 0.963 bits per heavy atom. The van der Waals surface area contributed by atoms with E-state index in [0.717, 1.165) is 32.5 Å². The molecule has 3 aromatic rings. The summed E-state index contributed by atoms with van der Waals surface area (Å²) in [6.07, 6.45) is 1.08. The van der Waals surface area contributed by atoms with Crippen LogP contribution in [0.3, 0.4) is 0 Å². The summed E-state index contributed by atoms with van der Waals surface area (Å²) in [5.41, 5.74) is 2.12. The second kappa shape index (κ2) is 7.80. The molecule has 0 aromatic heterocycles. The molecule has 0 fully saturated rings. The van der Waals surface area contributed by atoms with Crippen LogP contribution in [0.4, 0.5) is 5.69 Å². The number of hydrogen-bond donors (Lipinski definition) is 0. The number of carbonyl (C=O) groups is 1. The first-order valence-electron chi connectivity index (χ1n) is 8.52. The molecule has 3 aromatic carbocycles. The van der Waals surface area contributed by atoms with E-state index in [-0.39, 0.29) is 13.2 Å². The quantitative estimate of drug-likeness (QED) is 0.610. The lowest BCUT2D eigenvalue weighted by atomic mass is 10.1. The van der Waals surface area contributed by atoms with Gasteiger partial charge in [-0.25, -0.2) is 8.42 Å². The first kappa shape index (κ1) is 18.9. The lowest BCUT2D eigenvalue weighted by molar-refractivity contribution is -0.143. The van der Waals surface area contributed by atoms with Crippen molar-refractivity contribution in [1.82, 2.24) is 0 Å².